The number of rotatable bonds is 10. The predicted molar refractivity (Wildman–Crippen MR) is 80.3 cm³/mol. The number of hydrogen-bond donors (Lipinski definition) is 1. The molecule has 1 N–H and O–H groups in total. The first-order valence-corrected chi connectivity index (χ1v) is 7.43. The molecular formula is C15H32N2O2. The largest absolute Gasteiger partial charge is 0.468 e. The van der Waals surface area contributed by atoms with Crippen LogP contribution in [0.1, 0.15) is 47.0 Å². The second-order valence-corrected chi connectivity index (χ2v) is 5.58. The zero-order valence-electron chi connectivity index (χ0n) is 13.6. The summed E-state index contributed by atoms with van der Waals surface area (Å²) in [6.45, 7) is 11.9. The number of carbonyl (C=O) groups is 1. The Morgan fingerprint density at radius 2 is 2.05 bits per heavy atom. The van der Waals surface area contributed by atoms with Crippen molar-refractivity contribution in [3.05, 3.63) is 0 Å². The van der Waals surface area contributed by atoms with Gasteiger partial charge in [0.05, 0.1) is 7.11 Å². The molecule has 114 valence electrons. The van der Waals surface area contributed by atoms with Crippen LogP contribution in [0.4, 0.5) is 0 Å². The molecular weight excluding hydrogens is 240 g/mol. The van der Waals surface area contributed by atoms with Crippen molar-refractivity contribution in [1.29, 1.82) is 0 Å². The summed E-state index contributed by atoms with van der Waals surface area (Å²) in [4.78, 5) is 14.2. The highest BCUT2D eigenvalue weighted by Crippen LogP contribution is 2.15. The number of hydrogen-bond acceptors (Lipinski definition) is 4. The summed E-state index contributed by atoms with van der Waals surface area (Å²) in [5.74, 6) is 0.552. The first-order valence-electron chi connectivity index (χ1n) is 7.43. The van der Waals surface area contributed by atoms with E-state index in [4.69, 9.17) is 4.74 Å². The van der Waals surface area contributed by atoms with Gasteiger partial charge in [0.15, 0.2) is 0 Å². The summed E-state index contributed by atoms with van der Waals surface area (Å²) in [5.41, 5.74) is -0.565. The molecule has 0 aromatic rings. The number of methoxy groups -OCH3 is 1. The fourth-order valence-electron chi connectivity index (χ4n) is 2.16. The Bertz CT molecular complexity index is 259. The molecule has 0 aliphatic rings. The first kappa shape index (κ1) is 18.4. The number of ether oxygens (including phenoxy) is 1. The van der Waals surface area contributed by atoms with Gasteiger partial charge in [-0.05, 0) is 45.8 Å². The van der Waals surface area contributed by atoms with Crippen molar-refractivity contribution in [1.82, 2.24) is 10.2 Å². The Morgan fingerprint density at radius 1 is 1.42 bits per heavy atom. The zero-order chi connectivity index (χ0) is 14.9. The highest BCUT2D eigenvalue weighted by atomic mass is 16.5. The Balaban J connectivity index is 4.20. The van der Waals surface area contributed by atoms with Crippen LogP contribution in [0.3, 0.4) is 0 Å². The Morgan fingerprint density at radius 3 is 2.47 bits per heavy atom. The topological polar surface area (TPSA) is 41.6 Å². The van der Waals surface area contributed by atoms with Crippen molar-refractivity contribution in [3.63, 3.8) is 0 Å². The van der Waals surface area contributed by atoms with Gasteiger partial charge in [-0.1, -0.05) is 27.2 Å². The second kappa shape index (κ2) is 9.32. The predicted octanol–water partition coefficient (Wildman–Crippen LogP) is 2.29. The lowest BCUT2D eigenvalue weighted by atomic mass is 9.96. The van der Waals surface area contributed by atoms with Crippen LogP contribution in [-0.4, -0.2) is 50.2 Å². The number of nitrogens with one attached hydrogen (secondary N) is 1. The van der Waals surface area contributed by atoms with E-state index in [0.717, 1.165) is 38.4 Å². The van der Waals surface area contributed by atoms with Gasteiger partial charge >= 0.3 is 5.97 Å². The molecule has 0 aromatic carbocycles. The summed E-state index contributed by atoms with van der Waals surface area (Å²) in [6.07, 6.45) is 3.01. The molecule has 0 spiro atoms. The van der Waals surface area contributed by atoms with E-state index in [-0.39, 0.29) is 5.97 Å². The van der Waals surface area contributed by atoms with Gasteiger partial charge in [-0.25, -0.2) is 0 Å². The smallest absolute Gasteiger partial charge is 0.325 e. The molecule has 0 radical (unpaired) electrons. The molecule has 0 amide bonds. The van der Waals surface area contributed by atoms with E-state index in [0.29, 0.717) is 0 Å². The van der Waals surface area contributed by atoms with Crippen molar-refractivity contribution < 1.29 is 9.53 Å². The fraction of sp³-hybridized carbons (Fsp3) is 0.933. The molecule has 0 fully saturated rings. The SMILES string of the molecule is CCC(C)CN(CC)CCCC(C)(NC)C(=O)OC. The normalized spacial score (nSPS) is 16.2. The number of nitrogens with zero attached hydrogens (tertiary/aromatic N) is 1. The molecule has 19 heavy (non-hydrogen) atoms. The number of likely N-dealkylation sites (N-methyl/N-ethyl adjacent to an activating group) is 1. The van der Waals surface area contributed by atoms with Crippen LogP contribution >= 0.6 is 0 Å². The van der Waals surface area contributed by atoms with Gasteiger partial charge in [-0.15, -0.1) is 0 Å². The first-order chi connectivity index (χ1) is 8.93. The maximum atomic E-state index is 11.7. The van der Waals surface area contributed by atoms with E-state index in [1.54, 1.807) is 0 Å². The Hall–Kier alpha value is -0.610. The molecule has 0 aromatic heterocycles. The van der Waals surface area contributed by atoms with Gasteiger partial charge in [-0.2, -0.15) is 0 Å². The third kappa shape index (κ3) is 6.39. The van der Waals surface area contributed by atoms with Crippen LogP contribution in [0.15, 0.2) is 0 Å². The molecule has 0 aliphatic carbocycles. The highest BCUT2D eigenvalue weighted by Gasteiger charge is 2.31. The van der Waals surface area contributed by atoms with E-state index in [1.807, 2.05) is 14.0 Å². The van der Waals surface area contributed by atoms with Crippen LogP contribution in [0.25, 0.3) is 0 Å². The second-order valence-electron chi connectivity index (χ2n) is 5.58. The minimum absolute atomic E-state index is 0.181. The van der Waals surface area contributed by atoms with Gasteiger partial charge < -0.3 is 15.0 Å². The van der Waals surface area contributed by atoms with E-state index < -0.39 is 5.54 Å². The zero-order valence-corrected chi connectivity index (χ0v) is 13.6. The van der Waals surface area contributed by atoms with E-state index in [1.165, 1.54) is 13.5 Å². The maximum Gasteiger partial charge on any atom is 0.325 e. The number of carbonyl (C=O) groups excluding carboxylic acids is 1. The minimum atomic E-state index is -0.565. The molecule has 0 aliphatic heterocycles. The summed E-state index contributed by atoms with van der Waals surface area (Å²) in [5, 5.41) is 3.08. The van der Waals surface area contributed by atoms with Gasteiger partial charge in [0, 0.05) is 6.54 Å². The Kier molecular flexibility index (Phi) is 9.02. The van der Waals surface area contributed by atoms with Crippen molar-refractivity contribution in [2.75, 3.05) is 33.8 Å². The standard InChI is InChI=1S/C15H32N2O2/c1-7-13(3)12-17(8-2)11-9-10-15(4,16-5)14(18)19-6/h13,16H,7-12H2,1-6H3. The average molecular weight is 272 g/mol. The summed E-state index contributed by atoms with van der Waals surface area (Å²) >= 11 is 0. The van der Waals surface area contributed by atoms with Gasteiger partial charge in [0.2, 0.25) is 0 Å². The molecule has 0 saturated carbocycles. The summed E-state index contributed by atoms with van der Waals surface area (Å²) < 4.78 is 4.86. The van der Waals surface area contributed by atoms with Gasteiger partial charge in [-0.3, -0.25) is 4.79 Å². The molecule has 0 bridgehead atoms. The van der Waals surface area contributed by atoms with Crippen LogP contribution in [0.2, 0.25) is 0 Å². The summed E-state index contributed by atoms with van der Waals surface area (Å²) in [7, 11) is 3.26. The van der Waals surface area contributed by atoms with Crippen molar-refractivity contribution >= 4 is 5.97 Å². The van der Waals surface area contributed by atoms with Crippen LogP contribution in [0, 0.1) is 5.92 Å². The molecule has 2 unspecified atom stereocenters. The third-order valence-corrected chi connectivity index (χ3v) is 4.05. The van der Waals surface area contributed by atoms with Crippen molar-refractivity contribution in [3.8, 4) is 0 Å². The minimum Gasteiger partial charge on any atom is -0.468 e. The monoisotopic (exact) mass is 272 g/mol. The lowest BCUT2D eigenvalue weighted by Crippen LogP contribution is -2.48. The van der Waals surface area contributed by atoms with E-state index >= 15 is 0 Å². The molecule has 4 nitrogen and oxygen atoms in total. The van der Waals surface area contributed by atoms with E-state index in [2.05, 4.69) is 31.0 Å². The van der Waals surface area contributed by atoms with Crippen LogP contribution in [0.5, 0.6) is 0 Å². The van der Waals surface area contributed by atoms with E-state index in [9.17, 15) is 4.79 Å². The molecule has 0 heterocycles. The lowest BCUT2D eigenvalue weighted by Gasteiger charge is -2.28. The maximum absolute atomic E-state index is 11.7. The number of esters is 1. The van der Waals surface area contributed by atoms with Crippen molar-refractivity contribution in [2.24, 2.45) is 5.92 Å². The molecule has 2 atom stereocenters. The molecule has 0 saturated heterocycles. The van der Waals surface area contributed by atoms with Gasteiger partial charge in [0.25, 0.3) is 0 Å². The van der Waals surface area contributed by atoms with Crippen LogP contribution < -0.4 is 5.32 Å². The lowest BCUT2D eigenvalue weighted by molar-refractivity contribution is -0.148. The average Bonchev–Trinajstić information content (AvgIpc) is 2.44. The van der Waals surface area contributed by atoms with Crippen LogP contribution in [-0.2, 0) is 9.53 Å². The Labute approximate surface area is 118 Å². The quantitative estimate of drug-likeness (QED) is 0.620. The summed E-state index contributed by atoms with van der Waals surface area (Å²) in [6, 6.07) is 0. The highest BCUT2D eigenvalue weighted by molar-refractivity contribution is 5.80. The molecule has 0 rings (SSSR count). The third-order valence-electron chi connectivity index (χ3n) is 4.05. The van der Waals surface area contributed by atoms with Crippen molar-refractivity contribution in [2.45, 2.75) is 52.5 Å². The molecule has 4 heteroatoms. The fourth-order valence-corrected chi connectivity index (χ4v) is 2.16. The van der Waals surface area contributed by atoms with Gasteiger partial charge in [0.1, 0.15) is 5.54 Å².